The highest BCUT2D eigenvalue weighted by Gasteiger charge is 2.42. The van der Waals surface area contributed by atoms with Crippen molar-refractivity contribution in [3.63, 3.8) is 0 Å². The summed E-state index contributed by atoms with van der Waals surface area (Å²) < 4.78 is 15.4. The largest absolute Gasteiger partial charge is 0.352 e. The fourth-order valence-electron chi connectivity index (χ4n) is 5.25. The van der Waals surface area contributed by atoms with Crippen molar-refractivity contribution in [2.24, 2.45) is 17.3 Å². The van der Waals surface area contributed by atoms with Gasteiger partial charge in [0.25, 0.3) is 0 Å². The van der Waals surface area contributed by atoms with Crippen LogP contribution < -0.4 is 15.8 Å². The van der Waals surface area contributed by atoms with Gasteiger partial charge in [0.05, 0.1) is 12.5 Å². The Hall–Kier alpha value is -2.24. The standard InChI is InChI=1S/C22H35ClFN7O3/c1-22(2)12-30(11-16(22)29(3)4)19-17(24)18(25-21(23)26-19)27-28-20(33)15(10-31(34)13-32)9-14-7-5-6-8-14/h13-16,34H,5-12H2,1-4H3,(H,28,33)(H,25,26,27). The molecule has 2 unspecified atom stereocenters. The molecule has 1 aliphatic carbocycles. The molecule has 34 heavy (non-hydrogen) atoms. The average Bonchev–Trinajstić information content (AvgIpc) is 3.39. The molecule has 1 aromatic rings. The highest BCUT2D eigenvalue weighted by molar-refractivity contribution is 6.28. The molecule has 0 spiro atoms. The van der Waals surface area contributed by atoms with E-state index >= 15 is 4.39 Å². The van der Waals surface area contributed by atoms with Gasteiger partial charge in [-0.05, 0) is 43.5 Å². The summed E-state index contributed by atoms with van der Waals surface area (Å²) in [6.45, 7) is 5.23. The Balaban J connectivity index is 1.73. The maximum Gasteiger partial charge on any atom is 0.243 e. The molecule has 1 aliphatic heterocycles. The maximum atomic E-state index is 15.4. The first-order valence-electron chi connectivity index (χ1n) is 11.6. The molecule has 2 atom stereocenters. The lowest BCUT2D eigenvalue weighted by atomic mass is 9.87. The molecule has 12 heteroatoms. The molecule has 190 valence electrons. The summed E-state index contributed by atoms with van der Waals surface area (Å²) in [6.07, 6.45) is 4.99. The van der Waals surface area contributed by atoms with Gasteiger partial charge < -0.3 is 9.80 Å². The van der Waals surface area contributed by atoms with Crippen LogP contribution in [0.15, 0.2) is 0 Å². The van der Waals surface area contributed by atoms with E-state index in [1.165, 1.54) is 0 Å². The second-order valence-corrected chi connectivity index (χ2v) is 10.6. The highest BCUT2D eigenvalue weighted by Crippen LogP contribution is 2.37. The number of aromatic nitrogens is 2. The van der Waals surface area contributed by atoms with Crippen LogP contribution in [-0.4, -0.2) is 77.2 Å². The van der Waals surface area contributed by atoms with Crippen molar-refractivity contribution in [2.45, 2.75) is 52.0 Å². The molecule has 1 saturated heterocycles. The molecule has 2 fully saturated rings. The van der Waals surface area contributed by atoms with Crippen LogP contribution >= 0.6 is 11.6 Å². The molecule has 3 N–H and O–H groups in total. The zero-order valence-electron chi connectivity index (χ0n) is 20.2. The number of hydrazine groups is 1. The molecule has 2 heterocycles. The number of nitrogens with zero attached hydrogens (tertiary/aromatic N) is 5. The fraction of sp³-hybridized carbons (Fsp3) is 0.727. The Labute approximate surface area is 204 Å². The third kappa shape index (κ3) is 6.25. The van der Waals surface area contributed by atoms with E-state index in [0.717, 1.165) is 25.7 Å². The Kier molecular flexibility index (Phi) is 8.53. The molecular weight excluding hydrogens is 465 g/mol. The normalized spacial score (nSPS) is 21.1. The summed E-state index contributed by atoms with van der Waals surface area (Å²) in [5, 5.41) is 9.94. The maximum absolute atomic E-state index is 15.4. The van der Waals surface area contributed by atoms with E-state index in [9.17, 15) is 14.8 Å². The van der Waals surface area contributed by atoms with Crippen molar-refractivity contribution in [2.75, 3.05) is 44.1 Å². The Morgan fingerprint density at radius 1 is 1.35 bits per heavy atom. The number of nitrogens with one attached hydrogen (secondary N) is 2. The quantitative estimate of drug-likeness (QED) is 0.195. The van der Waals surface area contributed by atoms with Crippen molar-refractivity contribution < 1.29 is 19.2 Å². The van der Waals surface area contributed by atoms with Gasteiger partial charge in [0, 0.05) is 19.1 Å². The first-order chi connectivity index (χ1) is 16.0. The van der Waals surface area contributed by atoms with Crippen molar-refractivity contribution in [1.82, 2.24) is 25.4 Å². The summed E-state index contributed by atoms with van der Waals surface area (Å²) in [5.41, 5.74) is 4.91. The first kappa shape index (κ1) is 26.4. The Morgan fingerprint density at radius 2 is 2.03 bits per heavy atom. The molecular formula is C22H35ClFN7O3. The average molecular weight is 500 g/mol. The van der Waals surface area contributed by atoms with Gasteiger partial charge in [-0.15, -0.1) is 0 Å². The minimum absolute atomic E-state index is 0.0687. The van der Waals surface area contributed by atoms with Gasteiger partial charge in [-0.1, -0.05) is 39.5 Å². The third-order valence-corrected chi connectivity index (χ3v) is 7.09. The van der Waals surface area contributed by atoms with E-state index in [4.69, 9.17) is 11.6 Å². The lowest BCUT2D eigenvalue weighted by Crippen LogP contribution is -2.41. The van der Waals surface area contributed by atoms with Crippen molar-refractivity contribution >= 4 is 35.6 Å². The number of amides is 2. The molecule has 0 radical (unpaired) electrons. The van der Waals surface area contributed by atoms with Crippen molar-refractivity contribution in [3.05, 3.63) is 11.1 Å². The molecule has 2 amide bonds. The van der Waals surface area contributed by atoms with E-state index in [1.807, 2.05) is 19.0 Å². The summed E-state index contributed by atoms with van der Waals surface area (Å²) >= 11 is 6.09. The second kappa shape index (κ2) is 11.0. The number of halogens is 2. The van der Waals surface area contributed by atoms with Gasteiger partial charge in [-0.2, -0.15) is 14.4 Å². The van der Waals surface area contributed by atoms with Crippen LogP contribution in [0.25, 0.3) is 0 Å². The van der Waals surface area contributed by atoms with E-state index < -0.39 is 17.6 Å². The molecule has 0 aromatic carbocycles. The van der Waals surface area contributed by atoms with Crippen LogP contribution in [0.3, 0.4) is 0 Å². The smallest absolute Gasteiger partial charge is 0.243 e. The molecule has 1 saturated carbocycles. The van der Waals surface area contributed by atoms with Gasteiger partial charge >= 0.3 is 0 Å². The predicted molar refractivity (Wildman–Crippen MR) is 127 cm³/mol. The number of likely N-dealkylation sites (N-methyl/N-ethyl adjacent to an activating group) is 1. The molecule has 0 bridgehead atoms. The number of hydrogen-bond acceptors (Lipinski definition) is 8. The number of hydrogen-bond donors (Lipinski definition) is 3. The van der Waals surface area contributed by atoms with Gasteiger partial charge in [0.1, 0.15) is 0 Å². The van der Waals surface area contributed by atoms with Crippen LogP contribution in [0, 0.1) is 23.1 Å². The van der Waals surface area contributed by atoms with Gasteiger partial charge in [-0.3, -0.25) is 25.6 Å². The van der Waals surface area contributed by atoms with Gasteiger partial charge in [-0.25, -0.2) is 5.06 Å². The fourth-order valence-corrected chi connectivity index (χ4v) is 5.41. The Morgan fingerprint density at radius 3 is 2.62 bits per heavy atom. The summed E-state index contributed by atoms with van der Waals surface area (Å²) in [4.78, 5) is 35.7. The summed E-state index contributed by atoms with van der Waals surface area (Å²) in [5.74, 6) is -1.69. The van der Waals surface area contributed by atoms with Gasteiger partial charge in [0.2, 0.25) is 23.4 Å². The van der Waals surface area contributed by atoms with Gasteiger partial charge in [0.15, 0.2) is 11.6 Å². The molecule has 10 nitrogen and oxygen atoms in total. The monoisotopic (exact) mass is 499 g/mol. The molecule has 1 aromatic heterocycles. The first-order valence-corrected chi connectivity index (χ1v) is 12.0. The summed E-state index contributed by atoms with van der Waals surface area (Å²) in [6, 6.07) is 0.187. The van der Waals surface area contributed by atoms with Crippen molar-refractivity contribution in [1.29, 1.82) is 0 Å². The second-order valence-electron chi connectivity index (χ2n) is 10.3. The zero-order chi connectivity index (χ0) is 25.0. The molecule has 3 rings (SSSR count). The van der Waals surface area contributed by atoms with Crippen LogP contribution in [0.2, 0.25) is 5.28 Å². The predicted octanol–water partition coefficient (Wildman–Crippen LogP) is 2.53. The minimum atomic E-state index is -0.719. The number of carbonyl (C=O) groups excluding carboxylic acids is 2. The van der Waals surface area contributed by atoms with E-state index in [-0.39, 0.29) is 41.3 Å². The van der Waals surface area contributed by atoms with E-state index in [0.29, 0.717) is 30.5 Å². The lowest BCUT2D eigenvalue weighted by molar-refractivity contribution is -0.154. The number of carbonyl (C=O) groups is 2. The molecule has 2 aliphatic rings. The minimum Gasteiger partial charge on any atom is -0.352 e. The van der Waals surface area contributed by atoms with Crippen LogP contribution in [0.4, 0.5) is 16.0 Å². The third-order valence-electron chi connectivity index (χ3n) is 6.92. The van der Waals surface area contributed by atoms with Crippen molar-refractivity contribution in [3.8, 4) is 0 Å². The Bertz CT molecular complexity index is 882. The highest BCUT2D eigenvalue weighted by atomic mass is 35.5. The van der Waals surface area contributed by atoms with Crippen LogP contribution in [0.5, 0.6) is 0 Å². The zero-order valence-corrected chi connectivity index (χ0v) is 21.0. The van der Waals surface area contributed by atoms with E-state index in [2.05, 4.69) is 39.6 Å². The number of anilines is 2. The lowest BCUT2D eigenvalue weighted by Gasteiger charge is -2.30. The summed E-state index contributed by atoms with van der Waals surface area (Å²) in [7, 11) is 3.98. The number of hydroxylamine groups is 2. The van der Waals surface area contributed by atoms with Crippen LogP contribution in [-0.2, 0) is 9.59 Å². The van der Waals surface area contributed by atoms with E-state index in [1.54, 1.807) is 0 Å². The number of rotatable bonds is 10. The van der Waals surface area contributed by atoms with Crippen LogP contribution in [0.1, 0.15) is 46.0 Å². The SMILES string of the molecule is CN(C)C1CN(c2nc(Cl)nc(NNC(=O)C(CC3CCCC3)CN(O)C=O)c2F)CC1(C)C. The topological polar surface area (TPSA) is 114 Å².